The minimum Gasteiger partial charge on any atom is -0.312 e. The summed E-state index contributed by atoms with van der Waals surface area (Å²) in [5.41, 5.74) is 5.72. The van der Waals surface area contributed by atoms with Gasteiger partial charge in [-0.05, 0) is 116 Å². The fourth-order valence-corrected chi connectivity index (χ4v) is 8.43. The van der Waals surface area contributed by atoms with Crippen LogP contribution in [0, 0.1) is 37.1 Å². The maximum atomic E-state index is 14.7. The van der Waals surface area contributed by atoms with E-state index in [1.54, 1.807) is 40.6 Å². The van der Waals surface area contributed by atoms with Crippen LogP contribution >= 0.6 is 39.5 Å². The lowest BCUT2D eigenvalue weighted by atomic mass is 10.0. The minimum absolute atomic E-state index is 0.0280. The summed E-state index contributed by atoms with van der Waals surface area (Å²) in [5.74, 6) is -2.19. The third kappa shape index (κ3) is 8.35. The van der Waals surface area contributed by atoms with E-state index < -0.39 is 23.5 Å². The number of benzene rings is 5. The van der Waals surface area contributed by atoms with Crippen molar-refractivity contribution in [3.05, 3.63) is 146 Å². The van der Waals surface area contributed by atoms with Crippen LogP contribution < -0.4 is 14.7 Å². The van der Waals surface area contributed by atoms with Gasteiger partial charge in [0.1, 0.15) is 23.3 Å². The van der Waals surface area contributed by atoms with Crippen molar-refractivity contribution in [2.45, 2.75) is 49.4 Å². The second-order valence-corrected chi connectivity index (χ2v) is 15.6. The Balaban J connectivity index is 0.000000197. The normalized spacial score (nSPS) is 14.2. The number of aryl methyl sites for hydroxylation is 2. The number of hydrogen-bond acceptors (Lipinski definition) is 4. The lowest BCUT2D eigenvalue weighted by molar-refractivity contribution is -0.117. The van der Waals surface area contributed by atoms with Crippen molar-refractivity contribution in [2.75, 3.05) is 40.3 Å². The Morgan fingerprint density at radius 1 is 0.667 bits per heavy atom. The number of carbonyl (C=O) groups excluding carboxylic acids is 2. The highest BCUT2D eigenvalue weighted by atomic mass is 79.9. The molecule has 5 aromatic rings. The van der Waals surface area contributed by atoms with Gasteiger partial charge < -0.3 is 4.90 Å². The van der Waals surface area contributed by atoms with Gasteiger partial charge in [0.2, 0.25) is 5.91 Å². The molecule has 0 fully saturated rings. The molecule has 5 nitrogen and oxygen atoms in total. The maximum absolute atomic E-state index is 14.7. The first kappa shape index (κ1) is 39.4. The van der Waals surface area contributed by atoms with Gasteiger partial charge in [0, 0.05) is 49.9 Å². The number of nitrogens with zero attached hydrogens (tertiary/aromatic N) is 3. The smallest absolute Gasteiger partial charge is 0.312 e. The van der Waals surface area contributed by atoms with Crippen LogP contribution in [0.15, 0.2) is 99.2 Å². The summed E-state index contributed by atoms with van der Waals surface area (Å²) in [6, 6.07) is 23.0. The molecule has 0 N–H and O–H groups in total. The molecule has 5 aromatic carbocycles. The molecule has 0 atom stereocenters. The van der Waals surface area contributed by atoms with Gasteiger partial charge in [-0.3, -0.25) is 14.6 Å². The largest absolute Gasteiger partial charge is 0.329 e. The monoisotopic (exact) mass is 835 g/mol. The van der Waals surface area contributed by atoms with Crippen LogP contribution in [-0.4, -0.2) is 37.5 Å². The Morgan fingerprint density at radius 3 is 1.81 bits per heavy atom. The number of fused-ring (bicyclic) bond motifs is 2. The zero-order valence-electron chi connectivity index (χ0n) is 30.2. The molecule has 2 heterocycles. The number of anilines is 3. The van der Waals surface area contributed by atoms with Crippen molar-refractivity contribution in [2.24, 2.45) is 0 Å². The van der Waals surface area contributed by atoms with E-state index in [1.807, 2.05) is 61.9 Å². The average Bonchev–Trinajstić information content (AvgIpc) is 3.40. The molecule has 2 aliphatic heterocycles. The summed E-state index contributed by atoms with van der Waals surface area (Å²) in [4.78, 5) is 33.0. The van der Waals surface area contributed by atoms with E-state index in [4.69, 9.17) is 0 Å². The Hall–Kier alpha value is -4.26. The summed E-state index contributed by atoms with van der Waals surface area (Å²) >= 11 is 6.31. The highest BCUT2D eigenvalue weighted by molar-refractivity contribution is 9.10. The fourth-order valence-electron chi connectivity index (χ4n) is 6.77. The Labute approximate surface area is 329 Å². The topological polar surface area (TPSA) is 43.9 Å². The first-order chi connectivity index (χ1) is 25.9. The van der Waals surface area contributed by atoms with Crippen molar-refractivity contribution in [3.8, 4) is 0 Å². The van der Waals surface area contributed by atoms with E-state index in [9.17, 15) is 27.2 Å². The molecule has 0 saturated carbocycles. The molecule has 0 unspecified atom stereocenters. The van der Waals surface area contributed by atoms with Gasteiger partial charge in [-0.1, -0.05) is 46.3 Å². The minimum atomic E-state index is -0.779. The summed E-state index contributed by atoms with van der Waals surface area (Å²) in [7, 11) is 0. The molecule has 0 radical (unpaired) electrons. The van der Waals surface area contributed by atoms with Gasteiger partial charge >= 0.3 is 6.03 Å². The predicted molar refractivity (Wildman–Crippen MR) is 215 cm³/mol. The maximum Gasteiger partial charge on any atom is 0.329 e. The van der Waals surface area contributed by atoms with Crippen molar-refractivity contribution in [1.29, 1.82) is 0 Å². The SMILES string of the molecule is CSc1cc(N2CCc3c(F)cccc3CC2=O)ccc1C.CSc1cc(N2CCc3c(F)cccc3N(Cc3c(F)cc(Br)cc3F)C2=O)ccc1C. The van der Waals surface area contributed by atoms with Gasteiger partial charge in [-0.25, -0.2) is 22.4 Å². The summed E-state index contributed by atoms with van der Waals surface area (Å²) < 4.78 is 58.1. The number of halogens is 5. The molecule has 12 heteroatoms. The first-order valence-electron chi connectivity index (χ1n) is 17.3. The van der Waals surface area contributed by atoms with Crippen molar-refractivity contribution in [1.82, 2.24) is 0 Å². The number of urea groups is 1. The summed E-state index contributed by atoms with van der Waals surface area (Å²) in [6.07, 6.45) is 5.07. The van der Waals surface area contributed by atoms with Crippen LogP contribution in [0.25, 0.3) is 0 Å². The first-order valence-corrected chi connectivity index (χ1v) is 20.5. The highest BCUT2D eigenvalue weighted by Gasteiger charge is 2.32. The molecule has 54 heavy (non-hydrogen) atoms. The van der Waals surface area contributed by atoms with Crippen LogP contribution in [0.1, 0.15) is 33.4 Å². The van der Waals surface area contributed by atoms with Gasteiger partial charge in [-0.2, -0.15) is 0 Å². The molecule has 7 rings (SSSR count). The third-order valence-electron chi connectivity index (χ3n) is 9.70. The van der Waals surface area contributed by atoms with E-state index in [0.29, 0.717) is 35.5 Å². The van der Waals surface area contributed by atoms with E-state index in [1.165, 1.54) is 38.5 Å². The van der Waals surface area contributed by atoms with Crippen molar-refractivity contribution >= 4 is 68.5 Å². The molecule has 0 aromatic heterocycles. The molecule has 0 bridgehead atoms. The molecule has 2 aliphatic rings. The zero-order chi connectivity index (χ0) is 38.7. The van der Waals surface area contributed by atoms with E-state index in [-0.39, 0.29) is 47.7 Å². The van der Waals surface area contributed by atoms with Crippen LogP contribution in [0.2, 0.25) is 0 Å². The number of carbonyl (C=O) groups is 2. The van der Waals surface area contributed by atoms with Crippen molar-refractivity contribution < 1.29 is 27.2 Å². The Morgan fingerprint density at radius 2 is 1.20 bits per heavy atom. The molecular weight excluding hydrogens is 799 g/mol. The standard InChI is InChI=1S/C24H20BrF3N2OS.C18H18FNOS/c1-14-6-7-16(12-23(14)32-2)29-9-8-17-19(26)4-3-5-22(17)30(24(29)31)13-18-20(27)10-15(25)11-21(18)28;1-12-6-7-14(11-17(12)22-2)20-9-8-15-13(10-18(20)21)4-3-5-16(15)19/h3-7,10-12H,8-9,13H2,1-2H3;3-7,11H,8-10H2,1-2H3. The van der Waals surface area contributed by atoms with Crippen LogP contribution in [0.3, 0.4) is 0 Å². The van der Waals surface area contributed by atoms with Gasteiger partial charge in [0.05, 0.1) is 18.7 Å². The van der Waals surface area contributed by atoms with Gasteiger partial charge in [-0.15, -0.1) is 23.5 Å². The molecule has 280 valence electrons. The van der Waals surface area contributed by atoms with Gasteiger partial charge in [0.15, 0.2) is 0 Å². The molecule has 0 saturated heterocycles. The van der Waals surface area contributed by atoms with Crippen LogP contribution in [0.5, 0.6) is 0 Å². The summed E-state index contributed by atoms with van der Waals surface area (Å²) in [6.45, 7) is 4.44. The number of rotatable bonds is 6. The Kier molecular flexibility index (Phi) is 12.4. The zero-order valence-corrected chi connectivity index (χ0v) is 33.4. The fraction of sp³-hybridized carbons (Fsp3) is 0.238. The molecule has 0 aliphatic carbocycles. The van der Waals surface area contributed by atoms with E-state index in [0.717, 1.165) is 33.8 Å². The quantitative estimate of drug-likeness (QED) is 0.126. The molecular formula is C42H38BrF4N3O2S2. The molecule has 0 spiro atoms. The Bertz CT molecular complexity index is 2210. The second-order valence-electron chi connectivity index (χ2n) is 13.0. The number of amides is 3. The lowest BCUT2D eigenvalue weighted by Gasteiger charge is -2.29. The van der Waals surface area contributed by atoms with Gasteiger partial charge in [0.25, 0.3) is 0 Å². The average molecular weight is 837 g/mol. The van der Waals surface area contributed by atoms with Crippen LogP contribution in [0.4, 0.5) is 39.4 Å². The molecule has 3 amide bonds. The summed E-state index contributed by atoms with van der Waals surface area (Å²) in [5, 5.41) is 0. The lowest BCUT2D eigenvalue weighted by Crippen LogP contribution is -2.42. The third-order valence-corrected chi connectivity index (χ3v) is 11.9. The van der Waals surface area contributed by atoms with Crippen LogP contribution in [-0.2, 0) is 30.6 Å². The second kappa shape index (κ2) is 17.0. The number of thioether (sulfide) groups is 2. The predicted octanol–water partition coefficient (Wildman–Crippen LogP) is 11.1. The highest BCUT2D eigenvalue weighted by Crippen LogP contribution is 2.35. The van der Waals surface area contributed by atoms with E-state index in [2.05, 4.69) is 22.9 Å². The number of hydrogen-bond donors (Lipinski definition) is 0. The van der Waals surface area contributed by atoms with Crippen molar-refractivity contribution in [3.63, 3.8) is 0 Å². The van der Waals surface area contributed by atoms with E-state index >= 15 is 0 Å².